The Morgan fingerprint density at radius 1 is 1.12 bits per heavy atom. The Balaban J connectivity index is 1.28. The second-order valence-corrected chi connectivity index (χ2v) is 14.5. The van der Waals surface area contributed by atoms with E-state index in [-0.39, 0.29) is 19.4 Å². The van der Waals surface area contributed by atoms with Crippen molar-refractivity contribution in [1.29, 1.82) is 0 Å². The number of nitrogens with zero attached hydrogens (tertiary/aromatic N) is 2. The highest BCUT2D eigenvalue weighted by molar-refractivity contribution is 7.91. The van der Waals surface area contributed by atoms with E-state index in [1.54, 1.807) is 25.3 Å². The van der Waals surface area contributed by atoms with Crippen LogP contribution in [0.1, 0.15) is 32.6 Å². The Morgan fingerprint density at radius 2 is 1.88 bits per heavy atom. The fourth-order valence-electron chi connectivity index (χ4n) is 6.18. The molecule has 3 fully saturated rings. The SMILES string of the molecule is C=CC1CC1(NC(=O)C1CC(Oc2cc(-c3ccccc3)nc3cc(OC)ccc23)CN1C(=O)CNC(=O)C#CC)C(=O)NS(=O)(=O)C1CC1. The zero-order valence-electron chi connectivity index (χ0n) is 27.6. The first kappa shape index (κ1) is 34.4. The van der Waals surface area contributed by atoms with Crippen LogP contribution in [0.4, 0.5) is 0 Å². The summed E-state index contributed by atoms with van der Waals surface area (Å²) >= 11 is 0. The van der Waals surface area contributed by atoms with Crippen molar-refractivity contribution in [2.24, 2.45) is 5.92 Å². The van der Waals surface area contributed by atoms with Gasteiger partial charge in [0.2, 0.25) is 21.8 Å². The summed E-state index contributed by atoms with van der Waals surface area (Å²) in [5, 5.41) is 5.24. The maximum atomic E-state index is 14.0. The van der Waals surface area contributed by atoms with Crippen LogP contribution >= 0.6 is 0 Å². The predicted octanol–water partition coefficient (Wildman–Crippen LogP) is 2.07. The molecule has 3 aliphatic rings. The topological polar surface area (TPSA) is 173 Å². The highest BCUT2D eigenvalue weighted by atomic mass is 32.2. The number of amides is 4. The highest BCUT2D eigenvalue weighted by Gasteiger charge is 2.62. The zero-order valence-corrected chi connectivity index (χ0v) is 28.4. The van der Waals surface area contributed by atoms with Crippen molar-refractivity contribution in [3.8, 4) is 34.6 Å². The molecule has 4 atom stereocenters. The predicted molar refractivity (Wildman–Crippen MR) is 184 cm³/mol. The molecule has 4 unspecified atom stereocenters. The normalized spacial score (nSPS) is 22.4. The summed E-state index contributed by atoms with van der Waals surface area (Å²) < 4.78 is 39.3. The summed E-state index contributed by atoms with van der Waals surface area (Å²) in [4.78, 5) is 59.0. The minimum Gasteiger partial charge on any atom is -0.497 e. The number of carbonyl (C=O) groups is 4. The molecule has 50 heavy (non-hydrogen) atoms. The van der Waals surface area contributed by atoms with Crippen LogP contribution < -0.4 is 24.8 Å². The Hall–Kier alpha value is -5.42. The molecule has 3 N–H and O–H groups in total. The second-order valence-electron chi connectivity index (χ2n) is 12.5. The van der Waals surface area contributed by atoms with Crippen molar-refractivity contribution in [1.82, 2.24) is 25.2 Å². The van der Waals surface area contributed by atoms with Gasteiger partial charge in [0.15, 0.2) is 0 Å². The van der Waals surface area contributed by atoms with Crippen molar-refractivity contribution in [3.05, 3.63) is 67.3 Å². The first-order valence-corrected chi connectivity index (χ1v) is 17.7. The number of methoxy groups -OCH3 is 1. The summed E-state index contributed by atoms with van der Waals surface area (Å²) in [6.45, 7) is 4.78. The lowest BCUT2D eigenvalue weighted by molar-refractivity contribution is -0.139. The molecule has 2 heterocycles. The van der Waals surface area contributed by atoms with Gasteiger partial charge in [0, 0.05) is 35.4 Å². The van der Waals surface area contributed by atoms with E-state index in [9.17, 15) is 27.6 Å². The molecule has 14 heteroatoms. The van der Waals surface area contributed by atoms with Crippen molar-refractivity contribution < 1.29 is 37.1 Å². The summed E-state index contributed by atoms with van der Waals surface area (Å²) in [6.07, 6.45) is 1.91. The molecule has 1 aromatic heterocycles. The number of sulfonamides is 1. The van der Waals surface area contributed by atoms with Gasteiger partial charge in [-0.25, -0.2) is 13.4 Å². The third-order valence-corrected chi connectivity index (χ3v) is 10.9. The quantitative estimate of drug-likeness (QED) is 0.189. The molecule has 4 amide bonds. The number of benzene rings is 2. The van der Waals surface area contributed by atoms with E-state index in [4.69, 9.17) is 14.5 Å². The first-order chi connectivity index (χ1) is 24.0. The minimum atomic E-state index is -3.88. The van der Waals surface area contributed by atoms with E-state index >= 15 is 0 Å². The summed E-state index contributed by atoms with van der Waals surface area (Å²) in [7, 11) is -2.32. The fourth-order valence-corrected chi connectivity index (χ4v) is 7.54. The van der Waals surface area contributed by atoms with Gasteiger partial charge in [0.1, 0.15) is 29.2 Å². The molecular formula is C36H37N5O8S. The number of aromatic nitrogens is 1. The van der Waals surface area contributed by atoms with Crippen LogP contribution in [0.15, 0.2) is 67.3 Å². The number of fused-ring (bicyclic) bond motifs is 1. The molecule has 2 saturated carbocycles. The molecule has 0 bridgehead atoms. The second kappa shape index (κ2) is 13.8. The van der Waals surface area contributed by atoms with Gasteiger partial charge in [0.05, 0.1) is 36.7 Å². The Morgan fingerprint density at radius 3 is 2.54 bits per heavy atom. The third-order valence-electron chi connectivity index (χ3n) is 9.12. The van der Waals surface area contributed by atoms with Crippen molar-refractivity contribution >= 4 is 44.6 Å². The van der Waals surface area contributed by atoms with Gasteiger partial charge in [-0.1, -0.05) is 42.3 Å². The van der Waals surface area contributed by atoms with Gasteiger partial charge in [-0.3, -0.25) is 23.9 Å². The van der Waals surface area contributed by atoms with E-state index in [2.05, 4.69) is 33.8 Å². The molecule has 1 saturated heterocycles. The van der Waals surface area contributed by atoms with Gasteiger partial charge >= 0.3 is 0 Å². The van der Waals surface area contributed by atoms with Gasteiger partial charge in [-0.05, 0) is 44.2 Å². The number of nitrogens with one attached hydrogen (secondary N) is 3. The first-order valence-electron chi connectivity index (χ1n) is 16.2. The molecule has 2 aromatic carbocycles. The van der Waals surface area contributed by atoms with E-state index in [0.717, 1.165) is 5.56 Å². The summed E-state index contributed by atoms with van der Waals surface area (Å²) in [5.41, 5.74) is 0.560. The number of carbonyl (C=O) groups excluding carboxylic acids is 4. The highest BCUT2D eigenvalue weighted by Crippen LogP contribution is 2.45. The lowest BCUT2D eigenvalue weighted by Crippen LogP contribution is -2.57. The molecule has 6 rings (SSSR count). The van der Waals surface area contributed by atoms with Crippen LogP contribution in [-0.4, -0.2) is 85.1 Å². The zero-order chi connectivity index (χ0) is 35.6. The average Bonchev–Trinajstić information content (AvgIpc) is 4.04. The minimum absolute atomic E-state index is 0.0208. The Bertz CT molecular complexity index is 2040. The molecule has 3 aromatic rings. The summed E-state index contributed by atoms with van der Waals surface area (Å²) in [6, 6.07) is 15.6. The molecule has 2 aliphatic carbocycles. The van der Waals surface area contributed by atoms with Gasteiger partial charge in [-0.15, -0.1) is 6.58 Å². The Labute approximate surface area is 289 Å². The molecule has 1 aliphatic heterocycles. The lowest BCUT2D eigenvalue weighted by Gasteiger charge is -2.26. The third kappa shape index (κ3) is 7.13. The molecule has 260 valence electrons. The smallest absolute Gasteiger partial charge is 0.296 e. The van der Waals surface area contributed by atoms with Crippen molar-refractivity contribution in [3.63, 3.8) is 0 Å². The maximum Gasteiger partial charge on any atom is 0.296 e. The van der Waals surface area contributed by atoms with Crippen molar-refractivity contribution in [2.45, 2.75) is 55.5 Å². The van der Waals surface area contributed by atoms with Crippen LogP contribution in [0.5, 0.6) is 11.5 Å². The van der Waals surface area contributed by atoms with Crippen LogP contribution in [0.3, 0.4) is 0 Å². The average molecular weight is 700 g/mol. The van der Waals surface area contributed by atoms with Gasteiger partial charge < -0.3 is 25.0 Å². The lowest BCUT2D eigenvalue weighted by atomic mass is 10.1. The number of pyridine rings is 1. The fraction of sp³-hybridized carbons (Fsp3) is 0.361. The van der Waals surface area contributed by atoms with Crippen LogP contribution in [0.2, 0.25) is 0 Å². The largest absolute Gasteiger partial charge is 0.497 e. The summed E-state index contributed by atoms with van der Waals surface area (Å²) in [5.74, 6) is 2.61. The van der Waals surface area contributed by atoms with E-state index in [1.165, 1.54) is 17.9 Å². The standard InChI is InChI=1S/C36H37N5O8S/c1-4-9-32(42)37-20-33(43)41-21-25(17-30(41)34(44)39-36(19-23(36)5-2)35(45)40-50(46,47)26-13-14-26)49-31-18-28(22-10-7-6-8-11-22)38-29-16-24(48-3)12-15-27(29)31/h5-8,10-12,15-16,18,23,25-26,30H,2,13-14,17,19-21H2,1,3H3,(H,37,42)(H,39,44)(H,40,45). The van der Waals surface area contributed by atoms with Gasteiger partial charge in [0.25, 0.3) is 11.8 Å². The number of rotatable bonds is 12. The molecule has 13 nitrogen and oxygen atoms in total. The maximum absolute atomic E-state index is 14.0. The number of hydrogen-bond donors (Lipinski definition) is 3. The van der Waals surface area contributed by atoms with E-state index in [1.807, 2.05) is 36.4 Å². The number of likely N-dealkylation sites (tertiary alicyclic amines) is 1. The van der Waals surface area contributed by atoms with Crippen molar-refractivity contribution in [2.75, 3.05) is 20.2 Å². The monoisotopic (exact) mass is 699 g/mol. The Kier molecular flexibility index (Phi) is 9.53. The number of hydrogen-bond acceptors (Lipinski definition) is 9. The van der Waals surface area contributed by atoms with Gasteiger partial charge in [-0.2, -0.15) is 0 Å². The van der Waals surface area contributed by atoms with E-state index in [0.29, 0.717) is 40.9 Å². The van der Waals surface area contributed by atoms with E-state index < -0.39 is 69.0 Å². The van der Waals surface area contributed by atoms with Crippen LogP contribution in [-0.2, 0) is 29.2 Å². The van der Waals surface area contributed by atoms with Crippen LogP contribution in [0.25, 0.3) is 22.2 Å². The number of ether oxygens (including phenoxy) is 2. The molecule has 0 spiro atoms. The molecule has 0 radical (unpaired) electrons. The van der Waals surface area contributed by atoms with Crippen LogP contribution in [0, 0.1) is 17.8 Å². The molecular weight excluding hydrogens is 662 g/mol.